The number of aromatic nitrogens is 3. The van der Waals surface area contributed by atoms with Crippen molar-refractivity contribution in [2.45, 2.75) is 19.5 Å². The first-order valence-electron chi connectivity index (χ1n) is 12.3. The first kappa shape index (κ1) is 32.2. The van der Waals surface area contributed by atoms with Crippen LogP contribution < -0.4 is 20.4 Å². The zero-order valence-electron chi connectivity index (χ0n) is 22.1. The number of halogens is 2. The number of carboxylic acids is 1. The molecule has 4 aromatic rings. The maximum atomic E-state index is 10.8. The molecule has 0 radical (unpaired) electrons. The standard InChI is InChI=1S/C16H13BrN4O2S.C10H10BrN3O4.CH4/c1-22-15-9(17)6-7-11(19-15)14-18-12(8-23-21-14)16-20-10-4-2-3-5-13(10)24-16;1-17-9-5(11)2-3-6(13-9)8-12-7(10(15)16)4-18-14-8;/h2-7,12H,8H2,1H3,(H,18,21);2-3,7H,4H2,1H3,(H,12,14)(H,15,16);1H4. The molecule has 0 saturated carbocycles. The van der Waals surface area contributed by atoms with Crippen LogP contribution >= 0.6 is 43.2 Å². The highest BCUT2D eigenvalue weighted by atomic mass is 79.9. The summed E-state index contributed by atoms with van der Waals surface area (Å²) in [4.78, 5) is 43.3. The number of aliphatic imine (C=N–C) groups is 2. The molecule has 0 spiro atoms. The van der Waals surface area contributed by atoms with Gasteiger partial charge in [0.25, 0.3) is 0 Å². The Bertz CT molecular complexity index is 1640. The van der Waals surface area contributed by atoms with Crippen molar-refractivity contribution in [2.24, 2.45) is 9.98 Å². The number of ether oxygens (including phenoxy) is 2. The van der Waals surface area contributed by atoms with E-state index in [0.29, 0.717) is 40.1 Å². The lowest BCUT2D eigenvalue weighted by atomic mass is 10.3. The summed E-state index contributed by atoms with van der Waals surface area (Å²) in [5.74, 6) is 0.669. The van der Waals surface area contributed by atoms with E-state index in [1.54, 1.807) is 30.6 Å². The number of fused-ring (bicyclic) bond motifs is 1. The molecule has 2 aliphatic rings. The zero-order chi connectivity index (χ0) is 29.6. The van der Waals surface area contributed by atoms with Crippen LogP contribution in [-0.2, 0) is 14.5 Å². The van der Waals surface area contributed by atoms with Gasteiger partial charge < -0.3 is 14.6 Å². The van der Waals surface area contributed by atoms with Gasteiger partial charge in [-0.2, -0.15) is 0 Å². The lowest BCUT2D eigenvalue weighted by molar-refractivity contribution is -0.140. The number of rotatable bonds is 6. The molecule has 3 aromatic heterocycles. The molecule has 0 saturated heterocycles. The number of nitrogens with one attached hydrogen (secondary N) is 2. The van der Waals surface area contributed by atoms with Crippen molar-refractivity contribution >= 4 is 71.1 Å². The number of thiazole rings is 1. The molecule has 2 unspecified atom stereocenters. The fourth-order valence-corrected chi connectivity index (χ4v) is 5.49. The fourth-order valence-electron chi connectivity index (χ4n) is 3.74. The van der Waals surface area contributed by atoms with Crippen molar-refractivity contribution in [1.29, 1.82) is 0 Å². The molecule has 43 heavy (non-hydrogen) atoms. The topological polar surface area (TPSA) is 162 Å². The Hall–Kier alpha value is -3.70. The second-order valence-electron chi connectivity index (χ2n) is 8.55. The van der Waals surface area contributed by atoms with Gasteiger partial charge in [0.05, 0.1) is 33.4 Å². The van der Waals surface area contributed by atoms with Gasteiger partial charge in [-0.1, -0.05) is 19.6 Å². The van der Waals surface area contributed by atoms with Crippen molar-refractivity contribution in [2.75, 3.05) is 27.4 Å². The van der Waals surface area contributed by atoms with Gasteiger partial charge in [-0.05, 0) is 68.3 Å². The number of nitrogens with zero attached hydrogens (tertiary/aromatic N) is 5. The summed E-state index contributed by atoms with van der Waals surface area (Å²) in [5, 5.41) is 9.81. The second-order valence-corrected chi connectivity index (χ2v) is 11.3. The van der Waals surface area contributed by atoms with Crippen molar-refractivity contribution in [1.82, 2.24) is 25.9 Å². The Morgan fingerprint density at radius 2 is 1.47 bits per heavy atom. The van der Waals surface area contributed by atoms with Crippen molar-refractivity contribution in [3.8, 4) is 11.8 Å². The number of pyridine rings is 2. The van der Waals surface area contributed by atoms with E-state index in [4.69, 9.17) is 29.2 Å². The number of amidine groups is 2. The molecular weight excluding hydrogens is 710 g/mol. The Kier molecular flexibility index (Phi) is 11.0. The van der Waals surface area contributed by atoms with E-state index >= 15 is 0 Å². The summed E-state index contributed by atoms with van der Waals surface area (Å²) in [7, 11) is 3.07. The van der Waals surface area contributed by atoms with Crippen LogP contribution in [0.3, 0.4) is 0 Å². The second kappa shape index (κ2) is 14.7. The van der Waals surface area contributed by atoms with E-state index in [2.05, 4.69) is 68.8 Å². The summed E-state index contributed by atoms with van der Waals surface area (Å²) in [6.45, 7) is 0.406. The first-order valence-corrected chi connectivity index (χ1v) is 14.7. The van der Waals surface area contributed by atoms with E-state index in [0.717, 1.165) is 19.7 Å². The van der Waals surface area contributed by atoms with Gasteiger partial charge in [-0.15, -0.1) is 11.3 Å². The van der Waals surface area contributed by atoms with Gasteiger partial charge in [0.2, 0.25) is 11.8 Å². The summed E-state index contributed by atoms with van der Waals surface area (Å²) >= 11 is 8.30. The predicted octanol–water partition coefficient (Wildman–Crippen LogP) is 4.71. The minimum atomic E-state index is -1.04. The molecule has 5 heterocycles. The van der Waals surface area contributed by atoms with Gasteiger partial charge in [0.1, 0.15) is 35.7 Å². The molecule has 0 aliphatic carbocycles. The molecule has 226 valence electrons. The quantitative estimate of drug-likeness (QED) is 0.252. The maximum Gasteiger partial charge on any atom is 0.331 e. The number of hydroxylamine groups is 2. The molecule has 6 rings (SSSR count). The van der Waals surface area contributed by atoms with E-state index in [-0.39, 0.29) is 25.9 Å². The number of carboxylic acid groups (broad SMARTS) is 1. The lowest BCUT2D eigenvalue weighted by Gasteiger charge is -2.20. The SMILES string of the molecule is C.COc1nc(C2=NC(C(=O)O)CON2)ccc1Br.COc1nc(C2=NC(c3nc4ccccc4s3)CON2)ccc1Br. The molecule has 16 heteroatoms. The third-order valence-electron chi connectivity index (χ3n) is 5.77. The van der Waals surface area contributed by atoms with Gasteiger partial charge in [-0.3, -0.25) is 14.7 Å². The molecule has 0 bridgehead atoms. The minimum Gasteiger partial charge on any atom is -0.480 e. The molecule has 0 amide bonds. The Balaban J connectivity index is 0.000000201. The first-order chi connectivity index (χ1) is 20.4. The summed E-state index contributed by atoms with van der Waals surface area (Å²) < 4.78 is 12.9. The van der Waals surface area contributed by atoms with Crippen LogP contribution in [0, 0.1) is 0 Å². The van der Waals surface area contributed by atoms with Gasteiger partial charge in [-0.25, -0.2) is 35.7 Å². The third kappa shape index (κ3) is 7.64. The predicted molar refractivity (Wildman–Crippen MR) is 169 cm³/mol. The van der Waals surface area contributed by atoms with Crippen LogP contribution in [0.1, 0.15) is 29.9 Å². The third-order valence-corrected chi connectivity index (χ3v) is 8.11. The number of carbonyl (C=O) groups is 1. The Morgan fingerprint density at radius 3 is 2.05 bits per heavy atom. The molecule has 13 nitrogen and oxygen atoms in total. The number of para-hydroxylation sites is 1. The van der Waals surface area contributed by atoms with Crippen LogP contribution in [0.15, 0.2) is 67.5 Å². The monoisotopic (exact) mass is 735 g/mol. The molecule has 3 N–H and O–H groups in total. The molecule has 2 aliphatic heterocycles. The highest BCUT2D eigenvalue weighted by molar-refractivity contribution is 9.10. The van der Waals surface area contributed by atoms with Gasteiger partial charge in [0.15, 0.2) is 17.7 Å². The van der Waals surface area contributed by atoms with Crippen molar-refractivity contribution in [3.63, 3.8) is 0 Å². The number of hydrogen-bond donors (Lipinski definition) is 3. The molecule has 2 atom stereocenters. The van der Waals surface area contributed by atoms with Crippen molar-refractivity contribution in [3.05, 3.63) is 73.9 Å². The highest BCUT2D eigenvalue weighted by Crippen LogP contribution is 2.30. The van der Waals surface area contributed by atoms with Crippen LogP contribution in [-0.4, -0.2) is 71.2 Å². The molecule has 1 aromatic carbocycles. The van der Waals surface area contributed by atoms with E-state index in [9.17, 15) is 4.79 Å². The van der Waals surface area contributed by atoms with E-state index < -0.39 is 12.0 Å². The van der Waals surface area contributed by atoms with Crippen LogP contribution in [0.25, 0.3) is 10.2 Å². The summed E-state index contributed by atoms with van der Waals surface area (Å²) in [6.07, 6.45) is 0. The fraction of sp³-hybridized carbons (Fsp3) is 0.259. The number of aliphatic carboxylic acids is 1. The van der Waals surface area contributed by atoms with Gasteiger partial charge >= 0.3 is 5.97 Å². The van der Waals surface area contributed by atoms with Crippen LogP contribution in [0.5, 0.6) is 11.8 Å². The maximum absolute atomic E-state index is 10.8. The minimum absolute atomic E-state index is 0. The van der Waals surface area contributed by atoms with E-state index in [1.165, 1.54) is 7.11 Å². The summed E-state index contributed by atoms with van der Waals surface area (Å²) in [6, 6.07) is 14.1. The highest BCUT2D eigenvalue weighted by Gasteiger charge is 2.24. The van der Waals surface area contributed by atoms with Gasteiger partial charge in [0, 0.05) is 0 Å². The van der Waals surface area contributed by atoms with E-state index in [1.807, 2.05) is 30.3 Å². The average Bonchev–Trinajstić information content (AvgIpc) is 3.47. The molecular formula is C27H27Br2N7O6S. The zero-order valence-corrected chi connectivity index (χ0v) is 26.1. The lowest BCUT2D eigenvalue weighted by Crippen LogP contribution is -2.39. The number of benzene rings is 1. The number of methoxy groups -OCH3 is 2. The number of hydrogen-bond acceptors (Lipinski definition) is 13. The normalized spacial score (nSPS) is 17.6. The average molecular weight is 737 g/mol. The largest absolute Gasteiger partial charge is 0.480 e. The summed E-state index contributed by atoms with van der Waals surface area (Å²) in [5.41, 5.74) is 7.46. The smallest absolute Gasteiger partial charge is 0.331 e. The Labute approximate surface area is 267 Å². The van der Waals surface area contributed by atoms with Crippen molar-refractivity contribution < 1.29 is 29.0 Å². The Morgan fingerprint density at radius 1 is 0.884 bits per heavy atom. The van der Waals surface area contributed by atoms with Crippen LogP contribution in [0.4, 0.5) is 0 Å². The molecule has 0 fully saturated rings. The van der Waals surface area contributed by atoms with Crippen LogP contribution in [0.2, 0.25) is 0 Å².